The molecule has 7 heteroatoms. The molecule has 0 spiro atoms. The highest BCUT2D eigenvalue weighted by Gasteiger charge is 2.20. The first kappa shape index (κ1) is 21.6. The van der Waals surface area contributed by atoms with E-state index < -0.39 is 0 Å². The van der Waals surface area contributed by atoms with Gasteiger partial charge in [0.2, 0.25) is 0 Å². The fourth-order valence-electron chi connectivity index (χ4n) is 2.65. The zero-order chi connectivity index (χ0) is 19.7. The van der Waals surface area contributed by atoms with Gasteiger partial charge in [0.05, 0.1) is 0 Å². The molecule has 1 rings (SSSR count). The van der Waals surface area contributed by atoms with E-state index in [-0.39, 0.29) is 18.1 Å². The Kier molecular flexibility index (Phi) is 8.75. The lowest BCUT2D eigenvalue weighted by Crippen LogP contribution is -2.44. The first-order valence-electron chi connectivity index (χ1n) is 9.23. The number of nitrogens with one attached hydrogen (secondary N) is 3. The van der Waals surface area contributed by atoms with Gasteiger partial charge in [-0.15, -0.1) is 0 Å². The molecule has 0 aliphatic rings. The Labute approximate surface area is 157 Å². The van der Waals surface area contributed by atoms with Crippen LogP contribution in [-0.2, 0) is 6.54 Å². The number of rotatable bonds is 8. The van der Waals surface area contributed by atoms with Gasteiger partial charge in [-0.05, 0) is 51.0 Å². The number of hydrogen-bond acceptors (Lipinski definition) is 3. The Bertz CT molecular complexity index is 604. The Morgan fingerprint density at radius 1 is 1.08 bits per heavy atom. The number of amides is 4. The fourth-order valence-corrected chi connectivity index (χ4v) is 2.65. The van der Waals surface area contributed by atoms with E-state index in [2.05, 4.69) is 22.9 Å². The SMILES string of the molecule is CCNC(=O)Nc1ccc(N(C)C)c(CN(C(=O)NCC)C(C)CC)c1. The van der Waals surface area contributed by atoms with Gasteiger partial charge in [-0.3, -0.25) is 0 Å². The molecular formula is C19H33N5O2. The zero-order valence-corrected chi connectivity index (χ0v) is 16.8. The van der Waals surface area contributed by atoms with Gasteiger partial charge in [0.25, 0.3) is 0 Å². The molecule has 3 N–H and O–H groups in total. The lowest BCUT2D eigenvalue weighted by atomic mass is 10.1. The van der Waals surface area contributed by atoms with Crippen molar-refractivity contribution in [3.8, 4) is 0 Å². The summed E-state index contributed by atoms with van der Waals surface area (Å²) in [4.78, 5) is 28.2. The predicted molar refractivity (Wildman–Crippen MR) is 108 cm³/mol. The molecule has 0 saturated carbocycles. The van der Waals surface area contributed by atoms with Crippen LogP contribution in [0.25, 0.3) is 0 Å². The second-order valence-corrected chi connectivity index (χ2v) is 6.44. The number of hydrogen-bond donors (Lipinski definition) is 3. The standard InChI is InChI=1S/C19H33N5O2/c1-7-14(4)24(19(26)21-9-3)13-15-12-16(22-18(25)20-8-2)10-11-17(15)23(5)6/h10-12,14H,7-9,13H2,1-6H3,(H,21,26)(H2,20,22,25). The molecule has 1 unspecified atom stereocenters. The average molecular weight is 364 g/mol. The van der Waals surface area contributed by atoms with Gasteiger partial charge in [0, 0.05) is 51.1 Å². The number of nitrogens with zero attached hydrogens (tertiary/aromatic N) is 2. The molecule has 0 fully saturated rings. The second kappa shape index (κ2) is 10.5. The number of carbonyl (C=O) groups excluding carboxylic acids is 2. The van der Waals surface area contributed by atoms with Crippen molar-refractivity contribution in [3.63, 3.8) is 0 Å². The predicted octanol–water partition coefficient (Wildman–Crippen LogP) is 3.22. The highest BCUT2D eigenvalue weighted by atomic mass is 16.2. The van der Waals surface area contributed by atoms with Crippen LogP contribution in [0.1, 0.15) is 39.7 Å². The lowest BCUT2D eigenvalue weighted by molar-refractivity contribution is 0.174. The van der Waals surface area contributed by atoms with Crippen molar-refractivity contribution in [1.82, 2.24) is 15.5 Å². The summed E-state index contributed by atoms with van der Waals surface area (Å²) in [7, 11) is 3.94. The van der Waals surface area contributed by atoms with Crippen LogP contribution < -0.4 is 20.9 Å². The van der Waals surface area contributed by atoms with E-state index in [1.54, 1.807) is 0 Å². The van der Waals surface area contributed by atoms with E-state index in [1.807, 2.05) is 62.9 Å². The van der Waals surface area contributed by atoms with Crippen LogP contribution in [0, 0.1) is 0 Å². The minimum atomic E-state index is -0.237. The summed E-state index contributed by atoms with van der Waals surface area (Å²) >= 11 is 0. The molecule has 0 heterocycles. The molecule has 1 aromatic rings. The smallest absolute Gasteiger partial charge is 0.319 e. The van der Waals surface area contributed by atoms with Crippen molar-refractivity contribution in [2.24, 2.45) is 0 Å². The topological polar surface area (TPSA) is 76.7 Å². The number of anilines is 2. The number of benzene rings is 1. The third-order valence-corrected chi connectivity index (χ3v) is 4.21. The van der Waals surface area contributed by atoms with Crippen LogP contribution in [0.5, 0.6) is 0 Å². The Morgan fingerprint density at radius 2 is 1.73 bits per heavy atom. The van der Waals surface area contributed by atoms with Crippen molar-refractivity contribution < 1.29 is 9.59 Å². The minimum Gasteiger partial charge on any atom is -0.377 e. The molecule has 4 amide bonds. The average Bonchev–Trinajstić information content (AvgIpc) is 2.59. The van der Waals surface area contributed by atoms with E-state index in [1.165, 1.54) is 0 Å². The lowest BCUT2D eigenvalue weighted by Gasteiger charge is -2.30. The molecule has 146 valence electrons. The third-order valence-electron chi connectivity index (χ3n) is 4.21. The van der Waals surface area contributed by atoms with Gasteiger partial charge in [0.15, 0.2) is 0 Å². The first-order chi connectivity index (χ1) is 12.3. The van der Waals surface area contributed by atoms with Crippen molar-refractivity contribution in [1.29, 1.82) is 0 Å². The van der Waals surface area contributed by atoms with Crippen molar-refractivity contribution >= 4 is 23.4 Å². The van der Waals surface area contributed by atoms with E-state index in [4.69, 9.17) is 0 Å². The van der Waals surface area contributed by atoms with Crippen molar-refractivity contribution in [2.45, 2.75) is 46.7 Å². The minimum absolute atomic E-state index is 0.0753. The summed E-state index contributed by atoms with van der Waals surface area (Å²) in [6.07, 6.45) is 0.866. The molecule has 0 aromatic heterocycles. The van der Waals surface area contributed by atoms with Crippen LogP contribution in [0.3, 0.4) is 0 Å². The van der Waals surface area contributed by atoms with Crippen LogP contribution >= 0.6 is 0 Å². The largest absolute Gasteiger partial charge is 0.377 e. The van der Waals surface area contributed by atoms with Crippen molar-refractivity contribution in [3.05, 3.63) is 23.8 Å². The molecular weight excluding hydrogens is 330 g/mol. The normalized spacial score (nSPS) is 11.5. The Morgan fingerprint density at radius 3 is 2.27 bits per heavy atom. The van der Waals surface area contributed by atoms with Crippen LogP contribution in [-0.4, -0.2) is 50.2 Å². The molecule has 0 saturated heterocycles. The van der Waals surface area contributed by atoms with Gasteiger partial charge >= 0.3 is 12.1 Å². The summed E-state index contributed by atoms with van der Waals surface area (Å²) in [5, 5.41) is 8.44. The Balaban J connectivity index is 3.15. The first-order valence-corrected chi connectivity index (χ1v) is 9.23. The monoisotopic (exact) mass is 363 g/mol. The molecule has 1 aromatic carbocycles. The molecule has 0 aliphatic heterocycles. The van der Waals surface area contributed by atoms with E-state index in [0.717, 1.165) is 17.7 Å². The van der Waals surface area contributed by atoms with Gasteiger partial charge in [-0.25, -0.2) is 9.59 Å². The molecule has 0 radical (unpaired) electrons. The zero-order valence-electron chi connectivity index (χ0n) is 16.8. The number of urea groups is 2. The van der Waals surface area contributed by atoms with Crippen LogP contribution in [0.2, 0.25) is 0 Å². The Hall–Kier alpha value is -2.44. The molecule has 7 nitrogen and oxygen atoms in total. The van der Waals surface area contributed by atoms with Crippen molar-refractivity contribution in [2.75, 3.05) is 37.4 Å². The van der Waals surface area contributed by atoms with Crippen LogP contribution in [0.15, 0.2) is 18.2 Å². The summed E-state index contributed by atoms with van der Waals surface area (Å²) in [5.74, 6) is 0. The third kappa shape index (κ3) is 6.13. The number of carbonyl (C=O) groups is 2. The molecule has 0 bridgehead atoms. The molecule has 1 atom stereocenters. The van der Waals surface area contributed by atoms with Crippen LogP contribution in [0.4, 0.5) is 21.0 Å². The second-order valence-electron chi connectivity index (χ2n) is 6.44. The maximum Gasteiger partial charge on any atom is 0.319 e. The van der Waals surface area contributed by atoms with Gasteiger partial charge in [-0.1, -0.05) is 6.92 Å². The fraction of sp³-hybridized carbons (Fsp3) is 0.579. The van der Waals surface area contributed by atoms with Gasteiger partial charge in [0.1, 0.15) is 0 Å². The van der Waals surface area contributed by atoms with E-state index in [9.17, 15) is 9.59 Å². The highest BCUT2D eigenvalue weighted by Crippen LogP contribution is 2.25. The summed E-state index contributed by atoms with van der Waals surface area (Å²) < 4.78 is 0. The molecule has 0 aliphatic carbocycles. The van der Waals surface area contributed by atoms with Gasteiger partial charge in [-0.2, -0.15) is 0 Å². The van der Waals surface area contributed by atoms with E-state index >= 15 is 0 Å². The summed E-state index contributed by atoms with van der Waals surface area (Å²) in [6.45, 7) is 9.52. The maximum atomic E-state index is 12.5. The van der Waals surface area contributed by atoms with E-state index in [0.29, 0.717) is 25.3 Å². The maximum absolute atomic E-state index is 12.5. The molecule has 26 heavy (non-hydrogen) atoms. The van der Waals surface area contributed by atoms with Gasteiger partial charge < -0.3 is 25.8 Å². The summed E-state index contributed by atoms with van der Waals surface area (Å²) in [5.41, 5.74) is 2.71. The quantitative estimate of drug-likeness (QED) is 0.664. The highest BCUT2D eigenvalue weighted by molar-refractivity contribution is 5.89. The summed E-state index contributed by atoms with van der Waals surface area (Å²) in [6, 6.07) is 5.56.